The summed E-state index contributed by atoms with van der Waals surface area (Å²) in [6.45, 7) is 3.49. The van der Waals surface area contributed by atoms with Gasteiger partial charge in [-0.25, -0.2) is 0 Å². The van der Waals surface area contributed by atoms with E-state index < -0.39 is 0 Å². The van der Waals surface area contributed by atoms with Gasteiger partial charge in [-0.15, -0.1) is 23.1 Å². The molecular weight excluding hydrogens is 458 g/mol. The first-order valence-corrected chi connectivity index (χ1v) is 13.0. The molecule has 0 aliphatic carbocycles. The van der Waals surface area contributed by atoms with Crippen molar-refractivity contribution >= 4 is 46.5 Å². The maximum Gasteiger partial charge on any atom is 0.232 e. The van der Waals surface area contributed by atoms with Crippen LogP contribution in [0.2, 0.25) is 0 Å². The lowest BCUT2D eigenvalue weighted by Crippen LogP contribution is -2.56. The minimum atomic E-state index is -0.379. The number of anilines is 1. The molecule has 0 spiro atoms. The molecule has 0 radical (unpaired) electrons. The first-order valence-electron chi connectivity index (χ1n) is 11.1. The molecule has 2 fully saturated rings. The Morgan fingerprint density at radius 2 is 1.88 bits per heavy atom. The van der Waals surface area contributed by atoms with Crippen LogP contribution in [0.1, 0.15) is 17.7 Å². The molecule has 2 atom stereocenters. The molecule has 1 aromatic carbocycles. The van der Waals surface area contributed by atoms with Crippen molar-refractivity contribution in [1.82, 2.24) is 20.9 Å². The molecule has 176 valence electrons. The summed E-state index contributed by atoms with van der Waals surface area (Å²) in [4.78, 5) is 42.4. The van der Waals surface area contributed by atoms with Crippen LogP contribution in [0, 0.1) is 0 Å². The molecule has 2 aliphatic rings. The van der Waals surface area contributed by atoms with Crippen molar-refractivity contribution in [3.8, 4) is 0 Å². The predicted octanol–water partition coefficient (Wildman–Crippen LogP) is 1.60. The van der Waals surface area contributed by atoms with E-state index in [0.717, 1.165) is 18.0 Å². The second-order valence-corrected chi connectivity index (χ2v) is 10.2. The third-order valence-corrected chi connectivity index (χ3v) is 7.59. The van der Waals surface area contributed by atoms with Gasteiger partial charge in [0.15, 0.2) is 0 Å². The van der Waals surface area contributed by atoms with Gasteiger partial charge in [0.2, 0.25) is 17.7 Å². The van der Waals surface area contributed by atoms with E-state index in [1.54, 1.807) is 11.3 Å². The Morgan fingerprint density at radius 3 is 2.61 bits per heavy atom. The number of thiophene rings is 1. The fourth-order valence-corrected chi connectivity index (χ4v) is 5.60. The quantitative estimate of drug-likeness (QED) is 0.524. The molecule has 33 heavy (non-hydrogen) atoms. The van der Waals surface area contributed by atoms with Gasteiger partial charge in [0.25, 0.3) is 0 Å². The lowest BCUT2D eigenvalue weighted by atomic mass is 10.1. The minimum Gasteiger partial charge on any atom is -0.368 e. The SMILES string of the molecule is O=C(CC1CC(=O)NC(SCC(=O)N2CCN(c3ccccc3)CC2)N1)NCc1cccs1. The summed E-state index contributed by atoms with van der Waals surface area (Å²) >= 11 is 2.96. The molecule has 2 unspecified atom stereocenters. The van der Waals surface area contributed by atoms with Crippen molar-refractivity contribution in [1.29, 1.82) is 0 Å². The number of thioether (sulfide) groups is 1. The molecule has 2 saturated heterocycles. The summed E-state index contributed by atoms with van der Waals surface area (Å²) < 4.78 is 0. The van der Waals surface area contributed by atoms with Crippen LogP contribution >= 0.6 is 23.1 Å². The Labute approximate surface area is 202 Å². The third kappa shape index (κ3) is 6.96. The highest BCUT2D eigenvalue weighted by Gasteiger charge is 2.29. The summed E-state index contributed by atoms with van der Waals surface area (Å²) in [5, 5.41) is 11.0. The van der Waals surface area contributed by atoms with E-state index in [2.05, 4.69) is 33.0 Å². The second-order valence-electron chi connectivity index (χ2n) is 8.09. The number of nitrogens with zero attached hydrogens (tertiary/aromatic N) is 2. The molecule has 0 bridgehead atoms. The zero-order chi connectivity index (χ0) is 23.0. The zero-order valence-electron chi connectivity index (χ0n) is 18.4. The van der Waals surface area contributed by atoms with Crippen LogP contribution in [0.4, 0.5) is 5.69 Å². The van der Waals surface area contributed by atoms with Gasteiger partial charge in [0.1, 0.15) is 5.50 Å². The molecule has 2 aromatic rings. The van der Waals surface area contributed by atoms with E-state index in [1.807, 2.05) is 40.6 Å². The number of carbonyl (C=O) groups excluding carboxylic acids is 3. The Hall–Kier alpha value is -2.56. The van der Waals surface area contributed by atoms with Gasteiger partial charge in [-0.3, -0.25) is 19.7 Å². The molecule has 3 N–H and O–H groups in total. The van der Waals surface area contributed by atoms with Gasteiger partial charge >= 0.3 is 0 Å². The maximum atomic E-state index is 12.7. The van der Waals surface area contributed by atoms with Crippen molar-refractivity contribution < 1.29 is 14.4 Å². The average molecular weight is 488 g/mol. The molecular formula is C23H29N5O3S2. The topological polar surface area (TPSA) is 93.8 Å². The number of nitrogens with one attached hydrogen (secondary N) is 3. The summed E-state index contributed by atoms with van der Waals surface area (Å²) in [6.07, 6.45) is 0.476. The number of hydrogen-bond donors (Lipinski definition) is 3. The number of piperazine rings is 1. The number of carbonyl (C=O) groups is 3. The van der Waals surface area contributed by atoms with Gasteiger partial charge in [0.05, 0.1) is 12.3 Å². The molecule has 1 aromatic heterocycles. The van der Waals surface area contributed by atoms with E-state index in [0.29, 0.717) is 19.6 Å². The Balaban J connectivity index is 1.18. The summed E-state index contributed by atoms with van der Waals surface area (Å²) in [7, 11) is 0. The van der Waals surface area contributed by atoms with Gasteiger partial charge in [-0.2, -0.15) is 0 Å². The maximum absolute atomic E-state index is 12.7. The summed E-state index contributed by atoms with van der Waals surface area (Å²) in [5.74, 6) is 0.151. The fourth-order valence-electron chi connectivity index (χ4n) is 3.96. The standard InChI is InChI=1S/C23H29N5O3S2/c29-20(24-15-19-7-4-12-32-19)13-17-14-21(30)26-23(25-17)33-16-22(31)28-10-8-27(9-11-28)18-5-2-1-3-6-18/h1-7,12,17,23,25H,8-11,13-16H2,(H,24,29)(H,26,30). The number of para-hydroxylation sites is 1. The second kappa shape index (κ2) is 11.5. The molecule has 4 rings (SSSR count). The minimum absolute atomic E-state index is 0.0691. The van der Waals surface area contributed by atoms with E-state index in [-0.39, 0.29) is 47.9 Å². The summed E-state index contributed by atoms with van der Waals surface area (Å²) in [5.41, 5.74) is 0.800. The molecule has 10 heteroatoms. The van der Waals surface area contributed by atoms with E-state index in [9.17, 15) is 14.4 Å². The average Bonchev–Trinajstić information content (AvgIpc) is 3.35. The number of hydrogen-bond acceptors (Lipinski definition) is 7. The highest BCUT2D eigenvalue weighted by molar-refractivity contribution is 8.00. The van der Waals surface area contributed by atoms with Gasteiger partial charge in [0, 0.05) is 55.6 Å². The Morgan fingerprint density at radius 1 is 1.09 bits per heavy atom. The Bertz CT molecular complexity index is 933. The van der Waals surface area contributed by atoms with Gasteiger partial charge in [-0.05, 0) is 23.6 Å². The lowest BCUT2D eigenvalue weighted by Gasteiger charge is -2.36. The van der Waals surface area contributed by atoms with Crippen LogP contribution in [0.3, 0.4) is 0 Å². The third-order valence-electron chi connectivity index (χ3n) is 5.71. The first kappa shape index (κ1) is 23.6. The van der Waals surface area contributed by atoms with Crippen LogP contribution in [-0.2, 0) is 20.9 Å². The van der Waals surface area contributed by atoms with E-state index in [1.165, 1.54) is 17.4 Å². The highest BCUT2D eigenvalue weighted by atomic mass is 32.2. The monoisotopic (exact) mass is 487 g/mol. The van der Waals surface area contributed by atoms with Crippen molar-refractivity contribution in [3.63, 3.8) is 0 Å². The predicted molar refractivity (Wildman–Crippen MR) is 132 cm³/mol. The zero-order valence-corrected chi connectivity index (χ0v) is 20.0. The van der Waals surface area contributed by atoms with E-state index >= 15 is 0 Å². The number of rotatable bonds is 8. The summed E-state index contributed by atoms with van der Waals surface area (Å²) in [6, 6.07) is 13.9. The molecule has 0 saturated carbocycles. The highest BCUT2D eigenvalue weighted by Crippen LogP contribution is 2.18. The molecule has 3 amide bonds. The molecule has 8 nitrogen and oxygen atoms in total. The van der Waals surface area contributed by atoms with Crippen LogP contribution in [0.5, 0.6) is 0 Å². The van der Waals surface area contributed by atoms with Crippen molar-refractivity contribution in [2.24, 2.45) is 0 Å². The van der Waals surface area contributed by atoms with E-state index in [4.69, 9.17) is 0 Å². The Kier molecular flexibility index (Phi) is 8.25. The van der Waals surface area contributed by atoms with Crippen molar-refractivity contribution in [3.05, 3.63) is 52.7 Å². The smallest absolute Gasteiger partial charge is 0.232 e. The number of amides is 3. The molecule has 2 aliphatic heterocycles. The van der Waals surface area contributed by atoms with Crippen molar-refractivity contribution in [2.75, 3.05) is 36.8 Å². The van der Waals surface area contributed by atoms with Gasteiger partial charge < -0.3 is 20.4 Å². The largest absolute Gasteiger partial charge is 0.368 e. The van der Waals surface area contributed by atoms with Crippen LogP contribution in [0.15, 0.2) is 47.8 Å². The fraction of sp³-hybridized carbons (Fsp3) is 0.435. The van der Waals surface area contributed by atoms with Crippen LogP contribution in [0.25, 0.3) is 0 Å². The van der Waals surface area contributed by atoms with Crippen LogP contribution < -0.4 is 20.9 Å². The molecule has 3 heterocycles. The van der Waals surface area contributed by atoms with Crippen molar-refractivity contribution in [2.45, 2.75) is 30.9 Å². The normalized spacial score (nSPS) is 20.9. The number of benzene rings is 1. The first-order chi connectivity index (χ1) is 16.1. The van der Waals surface area contributed by atoms with Crippen LogP contribution in [-0.4, -0.2) is 66.1 Å². The lowest BCUT2D eigenvalue weighted by molar-refractivity contribution is -0.129. The van der Waals surface area contributed by atoms with Gasteiger partial charge in [-0.1, -0.05) is 24.3 Å².